The van der Waals surface area contributed by atoms with Gasteiger partial charge in [0.25, 0.3) is 5.91 Å². The molecule has 5 atom stereocenters. The molecular formula is C33H46N4O6. The third kappa shape index (κ3) is 6.94. The maximum absolute atomic E-state index is 14.4. The van der Waals surface area contributed by atoms with Gasteiger partial charge in [0.15, 0.2) is 0 Å². The van der Waals surface area contributed by atoms with Crippen molar-refractivity contribution in [3.05, 3.63) is 48.0 Å². The average molecular weight is 595 g/mol. The lowest BCUT2D eigenvalue weighted by molar-refractivity contribution is -0.144. The maximum atomic E-state index is 14.4. The van der Waals surface area contributed by atoms with Crippen molar-refractivity contribution in [3.63, 3.8) is 0 Å². The minimum atomic E-state index is -1.01. The second-order valence-corrected chi connectivity index (χ2v) is 13.7. The van der Waals surface area contributed by atoms with Gasteiger partial charge in [-0.1, -0.05) is 57.5 Å². The third-order valence-corrected chi connectivity index (χ3v) is 9.09. The molecule has 0 radical (unpaired) electrons. The summed E-state index contributed by atoms with van der Waals surface area (Å²) in [7, 11) is 0. The highest BCUT2D eigenvalue weighted by Gasteiger charge is 2.69. The number of rotatable bonds is 11. The number of carbonyl (C=O) groups excluding carboxylic acids is 5. The fraction of sp³-hybridized carbons (Fsp3) is 0.606. The molecule has 2 fully saturated rings. The SMILES string of the molecule is C=CCNC(=O)C(=O)C(CCC)NC(=O)[C@@H]1C2C(CN1C(=O)[C@@H](NC(=O)OC(C)(C)C)C1Cc3ccccc3C1)C2(C)C. The van der Waals surface area contributed by atoms with E-state index in [0.717, 1.165) is 11.1 Å². The zero-order valence-electron chi connectivity index (χ0n) is 26.2. The predicted molar refractivity (Wildman–Crippen MR) is 162 cm³/mol. The fourth-order valence-corrected chi connectivity index (χ4v) is 6.86. The van der Waals surface area contributed by atoms with E-state index in [-0.39, 0.29) is 42.0 Å². The van der Waals surface area contributed by atoms with Crippen LogP contribution in [0.25, 0.3) is 0 Å². The average Bonchev–Trinajstić information content (AvgIpc) is 3.30. The van der Waals surface area contributed by atoms with E-state index in [1.54, 1.807) is 25.7 Å². The van der Waals surface area contributed by atoms with Gasteiger partial charge in [0.1, 0.15) is 17.7 Å². The Hall–Kier alpha value is -3.69. The first-order valence-electron chi connectivity index (χ1n) is 15.3. The molecule has 4 rings (SSSR count). The van der Waals surface area contributed by atoms with Gasteiger partial charge in [-0.15, -0.1) is 6.58 Å². The van der Waals surface area contributed by atoms with Gasteiger partial charge in [-0.05, 0) is 74.3 Å². The number of nitrogens with zero attached hydrogens (tertiary/aromatic N) is 1. The summed E-state index contributed by atoms with van der Waals surface area (Å²) in [6.45, 7) is 15.4. The van der Waals surface area contributed by atoms with Crippen LogP contribution in [0.1, 0.15) is 65.5 Å². The van der Waals surface area contributed by atoms with Gasteiger partial charge in [-0.3, -0.25) is 19.2 Å². The zero-order chi connectivity index (χ0) is 31.7. The van der Waals surface area contributed by atoms with Crippen molar-refractivity contribution in [2.45, 2.75) is 91.0 Å². The predicted octanol–water partition coefficient (Wildman–Crippen LogP) is 2.93. The Morgan fingerprint density at radius 1 is 1.09 bits per heavy atom. The molecule has 1 heterocycles. The van der Waals surface area contributed by atoms with E-state index in [1.807, 2.05) is 31.2 Å². The molecule has 3 N–H and O–H groups in total. The lowest BCUT2D eigenvalue weighted by Crippen LogP contribution is -2.59. The number of alkyl carbamates (subject to hydrolysis) is 1. The third-order valence-electron chi connectivity index (χ3n) is 9.09. The fourth-order valence-electron chi connectivity index (χ4n) is 6.86. The van der Waals surface area contributed by atoms with Crippen molar-refractivity contribution in [1.29, 1.82) is 0 Å². The van der Waals surface area contributed by atoms with E-state index in [0.29, 0.717) is 25.8 Å². The molecular weight excluding hydrogens is 548 g/mol. The van der Waals surface area contributed by atoms with Gasteiger partial charge >= 0.3 is 6.09 Å². The number of fused-ring (bicyclic) bond motifs is 2. The lowest BCUT2D eigenvalue weighted by Gasteiger charge is -2.35. The zero-order valence-corrected chi connectivity index (χ0v) is 26.2. The smallest absolute Gasteiger partial charge is 0.408 e. The molecule has 10 nitrogen and oxygen atoms in total. The van der Waals surface area contributed by atoms with Gasteiger partial charge < -0.3 is 25.6 Å². The summed E-state index contributed by atoms with van der Waals surface area (Å²) < 4.78 is 5.53. The first-order valence-corrected chi connectivity index (χ1v) is 15.3. The van der Waals surface area contributed by atoms with Crippen LogP contribution in [0.3, 0.4) is 0 Å². The van der Waals surface area contributed by atoms with Crippen LogP contribution in [0, 0.1) is 23.2 Å². The first kappa shape index (κ1) is 32.2. The molecule has 1 aromatic rings. The van der Waals surface area contributed by atoms with Gasteiger partial charge in [0.05, 0.1) is 6.04 Å². The van der Waals surface area contributed by atoms with Crippen molar-refractivity contribution >= 4 is 29.6 Å². The Morgan fingerprint density at radius 3 is 2.28 bits per heavy atom. The molecule has 1 saturated carbocycles. The highest BCUT2D eigenvalue weighted by atomic mass is 16.6. The minimum absolute atomic E-state index is 0.103. The summed E-state index contributed by atoms with van der Waals surface area (Å²) in [6, 6.07) is 5.23. The number of Topliss-reactive ketones (excluding diaryl/α,β-unsaturated/α-hetero) is 1. The van der Waals surface area contributed by atoms with Crippen molar-refractivity contribution in [3.8, 4) is 0 Å². The molecule has 10 heteroatoms. The largest absolute Gasteiger partial charge is 0.444 e. The minimum Gasteiger partial charge on any atom is -0.444 e. The number of ketones is 1. The highest BCUT2D eigenvalue weighted by molar-refractivity contribution is 6.38. The molecule has 3 aliphatic rings. The van der Waals surface area contributed by atoms with Crippen LogP contribution >= 0.6 is 0 Å². The maximum Gasteiger partial charge on any atom is 0.408 e. The Labute approximate surface area is 254 Å². The number of benzene rings is 1. The summed E-state index contributed by atoms with van der Waals surface area (Å²) in [6.07, 6.45) is 2.86. The van der Waals surface area contributed by atoms with E-state index in [2.05, 4.69) is 36.4 Å². The van der Waals surface area contributed by atoms with Crippen LogP contribution in [-0.2, 0) is 36.8 Å². The van der Waals surface area contributed by atoms with E-state index < -0.39 is 47.4 Å². The van der Waals surface area contributed by atoms with Crippen LogP contribution < -0.4 is 16.0 Å². The summed E-state index contributed by atoms with van der Waals surface area (Å²) in [5.41, 5.74) is 1.34. The number of piperidine rings is 1. The molecule has 234 valence electrons. The quantitative estimate of drug-likeness (QED) is 0.267. The Kier molecular flexibility index (Phi) is 9.37. The van der Waals surface area contributed by atoms with Crippen LogP contribution in [0.4, 0.5) is 4.79 Å². The number of hydrogen-bond donors (Lipinski definition) is 3. The summed E-state index contributed by atoms with van der Waals surface area (Å²) in [4.78, 5) is 68.2. The Balaban J connectivity index is 1.59. The normalized spacial score (nSPS) is 23.3. The Bertz CT molecular complexity index is 1260. The van der Waals surface area contributed by atoms with Gasteiger partial charge in [0, 0.05) is 13.1 Å². The molecule has 1 saturated heterocycles. The highest BCUT2D eigenvalue weighted by Crippen LogP contribution is 2.65. The topological polar surface area (TPSA) is 134 Å². The molecule has 1 aromatic carbocycles. The monoisotopic (exact) mass is 594 g/mol. The van der Waals surface area contributed by atoms with Crippen molar-refractivity contribution in [2.24, 2.45) is 23.2 Å². The van der Waals surface area contributed by atoms with Crippen LogP contribution in [0.5, 0.6) is 0 Å². The van der Waals surface area contributed by atoms with Crippen LogP contribution in [-0.4, -0.2) is 71.3 Å². The summed E-state index contributed by atoms with van der Waals surface area (Å²) in [5.74, 6) is -2.53. The molecule has 4 amide bonds. The number of nitrogens with one attached hydrogen (secondary N) is 3. The van der Waals surface area contributed by atoms with Crippen molar-refractivity contribution < 1.29 is 28.7 Å². The molecule has 3 unspecified atom stereocenters. The lowest BCUT2D eigenvalue weighted by atomic mass is 9.93. The second-order valence-electron chi connectivity index (χ2n) is 13.7. The number of hydrogen-bond acceptors (Lipinski definition) is 6. The van der Waals surface area contributed by atoms with E-state index in [1.165, 1.54) is 6.08 Å². The molecule has 2 aliphatic carbocycles. The summed E-state index contributed by atoms with van der Waals surface area (Å²) in [5, 5.41) is 8.15. The standard InChI is InChI=1S/C33H46N4O6/c1-8-12-23(27(38)29(40)34-15-9-2)35-28(39)26-24-22(33(24,6)7)18-37(26)30(41)25(36-31(42)43-32(3,4)5)21-16-19-13-10-11-14-20(19)17-21/h9-11,13-14,21-26H,2,8,12,15-18H2,1,3-7H3,(H,34,40)(H,35,39)(H,36,42)/t22?,23?,24?,25-,26-/m0/s1. The van der Waals surface area contributed by atoms with Gasteiger partial charge in [-0.25, -0.2) is 4.79 Å². The van der Waals surface area contributed by atoms with E-state index in [4.69, 9.17) is 4.74 Å². The molecule has 0 aromatic heterocycles. The first-order chi connectivity index (χ1) is 20.2. The van der Waals surface area contributed by atoms with Gasteiger partial charge in [-0.2, -0.15) is 0 Å². The second kappa shape index (κ2) is 12.5. The number of carbonyl (C=O) groups is 5. The van der Waals surface area contributed by atoms with Gasteiger partial charge in [0.2, 0.25) is 17.6 Å². The molecule has 0 bridgehead atoms. The molecule has 0 spiro atoms. The van der Waals surface area contributed by atoms with Crippen molar-refractivity contribution in [1.82, 2.24) is 20.9 Å². The number of likely N-dealkylation sites (tertiary alicyclic amines) is 1. The van der Waals surface area contributed by atoms with Crippen LogP contribution in [0.15, 0.2) is 36.9 Å². The Morgan fingerprint density at radius 2 is 1.72 bits per heavy atom. The number of ether oxygens (including phenoxy) is 1. The number of amides is 4. The van der Waals surface area contributed by atoms with Crippen LogP contribution in [0.2, 0.25) is 0 Å². The van der Waals surface area contributed by atoms with E-state index in [9.17, 15) is 24.0 Å². The van der Waals surface area contributed by atoms with E-state index >= 15 is 0 Å². The molecule has 1 aliphatic heterocycles. The molecule has 43 heavy (non-hydrogen) atoms. The van der Waals surface area contributed by atoms with Crippen molar-refractivity contribution in [2.75, 3.05) is 13.1 Å². The summed E-state index contributed by atoms with van der Waals surface area (Å²) >= 11 is 0.